The van der Waals surface area contributed by atoms with E-state index in [0.29, 0.717) is 28.9 Å². The van der Waals surface area contributed by atoms with E-state index in [9.17, 15) is 14.4 Å². The van der Waals surface area contributed by atoms with Crippen LogP contribution in [0.3, 0.4) is 0 Å². The molecular weight excluding hydrogens is 338 g/mol. The molecule has 1 heterocycles. The van der Waals surface area contributed by atoms with Gasteiger partial charge in [0.25, 0.3) is 11.8 Å². The van der Waals surface area contributed by atoms with Crippen molar-refractivity contribution in [2.24, 2.45) is 0 Å². The van der Waals surface area contributed by atoms with Crippen LogP contribution in [0.1, 0.15) is 27.1 Å². The van der Waals surface area contributed by atoms with Crippen LogP contribution >= 0.6 is 11.8 Å². The van der Waals surface area contributed by atoms with Crippen molar-refractivity contribution in [3.8, 4) is 0 Å². The van der Waals surface area contributed by atoms with E-state index in [1.165, 1.54) is 0 Å². The summed E-state index contributed by atoms with van der Waals surface area (Å²) in [5, 5.41) is 8.14. The molecular formula is C18H17N3O3S. The van der Waals surface area contributed by atoms with Crippen molar-refractivity contribution in [3.63, 3.8) is 0 Å². The van der Waals surface area contributed by atoms with Crippen LogP contribution < -0.4 is 16.0 Å². The van der Waals surface area contributed by atoms with Crippen LogP contribution in [-0.4, -0.2) is 30.5 Å². The first-order valence-corrected chi connectivity index (χ1v) is 8.75. The first-order chi connectivity index (χ1) is 12.1. The van der Waals surface area contributed by atoms with Crippen LogP contribution in [0.5, 0.6) is 0 Å². The van der Waals surface area contributed by atoms with Crippen molar-refractivity contribution >= 4 is 40.9 Å². The molecule has 6 nitrogen and oxygen atoms in total. The van der Waals surface area contributed by atoms with Crippen molar-refractivity contribution in [2.45, 2.75) is 11.3 Å². The highest BCUT2D eigenvalue weighted by atomic mass is 32.2. The Morgan fingerprint density at radius 3 is 2.68 bits per heavy atom. The lowest BCUT2D eigenvalue weighted by Crippen LogP contribution is -2.18. The van der Waals surface area contributed by atoms with Gasteiger partial charge in [-0.25, -0.2) is 0 Å². The smallest absolute Gasteiger partial charge is 0.255 e. The first kappa shape index (κ1) is 17.0. The van der Waals surface area contributed by atoms with Crippen LogP contribution in [0.25, 0.3) is 0 Å². The van der Waals surface area contributed by atoms with Crippen LogP contribution in [0, 0.1) is 0 Å². The highest BCUT2D eigenvalue weighted by Gasteiger charge is 2.16. The predicted octanol–water partition coefficient (Wildman–Crippen LogP) is 2.73. The number of fused-ring (bicyclic) bond motifs is 1. The van der Waals surface area contributed by atoms with Gasteiger partial charge in [-0.1, -0.05) is 6.07 Å². The van der Waals surface area contributed by atoms with E-state index in [4.69, 9.17) is 0 Å². The first-order valence-electron chi connectivity index (χ1n) is 7.77. The van der Waals surface area contributed by atoms with E-state index in [1.807, 2.05) is 6.07 Å². The number of carbonyl (C=O) groups is 3. The summed E-state index contributed by atoms with van der Waals surface area (Å²) in [4.78, 5) is 36.8. The molecule has 3 N–H and O–H groups in total. The van der Waals surface area contributed by atoms with Gasteiger partial charge in [-0.15, -0.1) is 11.8 Å². The van der Waals surface area contributed by atoms with Crippen LogP contribution in [0.2, 0.25) is 0 Å². The summed E-state index contributed by atoms with van der Waals surface area (Å²) in [5.41, 5.74) is 2.08. The van der Waals surface area contributed by atoms with Gasteiger partial charge in [0.1, 0.15) is 0 Å². The summed E-state index contributed by atoms with van der Waals surface area (Å²) < 4.78 is 0. The Bertz CT molecular complexity index is 851. The van der Waals surface area contributed by atoms with Gasteiger partial charge < -0.3 is 16.0 Å². The Morgan fingerprint density at radius 2 is 1.88 bits per heavy atom. The Kier molecular flexibility index (Phi) is 5.04. The van der Waals surface area contributed by atoms with Gasteiger partial charge in [-0.2, -0.15) is 0 Å². The average Bonchev–Trinajstić information content (AvgIpc) is 2.81. The minimum absolute atomic E-state index is 0.0536. The number of thioether (sulfide) groups is 1. The number of hydrogen-bond acceptors (Lipinski definition) is 4. The molecule has 0 bridgehead atoms. The van der Waals surface area contributed by atoms with Gasteiger partial charge in [-0.3, -0.25) is 14.4 Å². The quantitative estimate of drug-likeness (QED) is 0.790. The third kappa shape index (κ3) is 4.00. The topological polar surface area (TPSA) is 87.3 Å². The standard InChI is InChI=1S/C18H17N3O3S/c1-19-17(23)11-3-2-4-13(9-11)20-18(24)12-5-6-15-14(10-12)21-16(22)7-8-25-15/h2-6,9-10H,7-8H2,1H3,(H,19,23)(H,20,24)(H,21,22). The summed E-state index contributed by atoms with van der Waals surface area (Å²) in [6.45, 7) is 0. The Hall–Kier alpha value is -2.80. The Labute approximate surface area is 149 Å². The summed E-state index contributed by atoms with van der Waals surface area (Å²) in [7, 11) is 1.55. The van der Waals surface area contributed by atoms with Crippen molar-refractivity contribution < 1.29 is 14.4 Å². The van der Waals surface area contributed by atoms with Crippen molar-refractivity contribution in [1.82, 2.24) is 5.32 Å². The third-order valence-corrected chi connectivity index (χ3v) is 4.79. The summed E-state index contributed by atoms with van der Waals surface area (Å²) in [6.07, 6.45) is 0.452. The molecule has 1 aliphatic heterocycles. The van der Waals surface area contributed by atoms with Crippen LogP contribution in [-0.2, 0) is 4.79 Å². The molecule has 0 aromatic heterocycles. The Balaban J connectivity index is 1.80. The maximum absolute atomic E-state index is 12.5. The number of rotatable bonds is 3. The molecule has 0 radical (unpaired) electrons. The second kappa shape index (κ2) is 7.40. The molecule has 0 saturated carbocycles. The van der Waals surface area contributed by atoms with Gasteiger partial charge in [0.15, 0.2) is 0 Å². The predicted molar refractivity (Wildman–Crippen MR) is 98.2 cm³/mol. The molecule has 1 aliphatic rings. The summed E-state index contributed by atoms with van der Waals surface area (Å²) in [6, 6.07) is 11.9. The molecule has 0 atom stereocenters. The van der Waals surface area contributed by atoms with Crippen molar-refractivity contribution in [1.29, 1.82) is 0 Å². The normalized spacial score (nSPS) is 13.2. The van der Waals surface area contributed by atoms with E-state index < -0.39 is 0 Å². The summed E-state index contributed by atoms with van der Waals surface area (Å²) >= 11 is 1.59. The zero-order chi connectivity index (χ0) is 17.8. The molecule has 3 amide bonds. The molecule has 0 saturated heterocycles. The van der Waals surface area contributed by atoms with E-state index in [1.54, 1.807) is 55.2 Å². The minimum atomic E-state index is -0.305. The number of benzene rings is 2. The van der Waals surface area contributed by atoms with E-state index in [0.717, 1.165) is 10.6 Å². The van der Waals surface area contributed by atoms with Gasteiger partial charge >= 0.3 is 0 Å². The van der Waals surface area contributed by atoms with Gasteiger partial charge in [0.05, 0.1) is 5.69 Å². The van der Waals surface area contributed by atoms with E-state index in [2.05, 4.69) is 16.0 Å². The lowest BCUT2D eigenvalue weighted by atomic mass is 10.1. The van der Waals surface area contributed by atoms with Crippen molar-refractivity contribution in [3.05, 3.63) is 53.6 Å². The number of nitrogens with one attached hydrogen (secondary N) is 3. The van der Waals surface area contributed by atoms with Crippen LogP contribution in [0.15, 0.2) is 47.4 Å². The number of amides is 3. The fraction of sp³-hybridized carbons (Fsp3) is 0.167. The van der Waals surface area contributed by atoms with E-state index in [-0.39, 0.29) is 17.7 Å². The molecule has 3 rings (SSSR count). The molecule has 0 unspecified atom stereocenters. The fourth-order valence-electron chi connectivity index (χ4n) is 2.45. The molecule has 2 aromatic rings. The molecule has 128 valence electrons. The largest absolute Gasteiger partial charge is 0.355 e. The molecule has 0 fully saturated rings. The highest BCUT2D eigenvalue weighted by molar-refractivity contribution is 7.99. The average molecular weight is 355 g/mol. The van der Waals surface area contributed by atoms with Gasteiger partial charge in [0, 0.05) is 40.9 Å². The molecule has 0 spiro atoms. The molecule has 0 aliphatic carbocycles. The second-order valence-corrected chi connectivity index (χ2v) is 6.61. The lowest BCUT2D eigenvalue weighted by molar-refractivity contribution is -0.115. The summed E-state index contributed by atoms with van der Waals surface area (Å²) in [5.74, 6) is 0.139. The fourth-order valence-corrected chi connectivity index (χ4v) is 3.38. The van der Waals surface area contributed by atoms with Crippen molar-refractivity contribution in [2.75, 3.05) is 23.4 Å². The number of anilines is 2. The maximum atomic E-state index is 12.5. The minimum Gasteiger partial charge on any atom is -0.355 e. The maximum Gasteiger partial charge on any atom is 0.255 e. The Morgan fingerprint density at radius 1 is 1.08 bits per heavy atom. The zero-order valence-electron chi connectivity index (χ0n) is 13.6. The second-order valence-electron chi connectivity index (χ2n) is 5.47. The molecule has 7 heteroatoms. The molecule has 25 heavy (non-hydrogen) atoms. The van der Waals surface area contributed by atoms with Gasteiger partial charge in [-0.05, 0) is 36.4 Å². The van der Waals surface area contributed by atoms with Crippen LogP contribution in [0.4, 0.5) is 11.4 Å². The molecule has 2 aromatic carbocycles. The third-order valence-electron chi connectivity index (χ3n) is 3.71. The number of carbonyl (C=O) groups excluding carboxylic acids is 3. The van der Waals surface area contributed by atoms with Gasteiger partial charge in [0.2, 0.25) is 5.91 Å². The lowest BCUT2D eigenvalue weighted by Gasteiger charge is -2.10. The number of hydrogen-bond donors (Lipinski definition) is 3. The monoisotopic (exact) mass is 355 g/mol. The SMILES string of the molecule is CNC(=O)c1cccc(NC(=O)c2ccc3c(c2)NC(=O)CCS3)c1. The highest BCUT2D eigenvalue weighted by Crippen LogP contribution is 2.31. The zero-order valence-corrected chi connectivity index (χ0v) is 14.4. The van der Waals surface area contributed by atoms with E-state index >= 15 is 0 Å².